The molecule has 1 aliphatic rings. The highest BCUT2D eigenvalue weighted by Crippen LogP contribution is 2.19. The number of carbonyl (C=O) groups excluding carboxylic acids is 1. The third-order valence-electron chi connectivity index (χ3n) is 3.49. The number of nitrogens with zero attached hydrogens (tertiary/aromatic N) is 1. The maximum atomic E-state index is 12.3. The van der Waals surface area contributed by atoms with Gasteiger partial charge in [0.05, 0.1) is 5.92 Å². The molecule has 2 atom stereocenters. The van der Waals surface area contributed by atoms with E-state index in [1.165, 1.54) is 0 Å². The Bertz CT molecular complexity index is 541. The van der Waals surface area contributed by atoms with Crippen LogP contribution in [0.3, 0.4) is 0 Å². The molecule has 1 N–H and O–H groups in total. The normalized spacial score (nSPS) is 20.4. The molecular weight excluding hydrogens is 278 g/mol. The van der Waals surface area contributed by atoms with Crippen molar-refractivity contribution < 1.29 is 18.9 Å². The zero-order valence-electron chi connectivity index (χ0n) is 11.2. The molecule has 1 aromatic carbocycles. The van der Waals surface area contributed by atoms with E-state index in [0.717, 1.165) is 0 Å². The first kappa shape index (κ1) is 14.7. The molecule has 1 fully saturated rings. The van der Waals surface area contributed by atoms with Crippen molar-refractivity contribution in [2.45, 2.75) is 17.7 Å². The van der Waals surface area contributed by atoms with Crippen molar-refractivity contribution in [1.82, 2.24) is 4.90 Å². The van der Waals surface area contributed by atoms with E-state index in [4.69, 9.17) is 5.11 Å². The van der Waals surface area contributed by atoms with Crippen LogP contribution in [0.1, 0.15) is 23.2 Å². The highest BCUT2D eigenvalue weighted by molar-refractivity contribution is 7.84. The molecule has 1 aromatic rings. The second-order valence-corrected chi connectivity index (χ2v) is 6.29. The summed E-state index contributed by atoms with van der Waals surface area (Å²) in [6.07, 6.45) is 2.91. The molecule has 6 heteroatoms. The highest BCUT2D eigenvalue weighted by atomic mass is 32.2. The summed E-state index contributed by atoms with van der Waals surface area (Å²) in [7, 11) is -1.07. The Morgan fingerprint density at radius 3 is 2.50 bits per heavy atom. The fourth-order valence-corrected chi connectivity index (χ4v) is 2.85. The maximum absolute atomic E-state index is 12.3. The molecule has 1 heterocycles. The number of hydrogen-bond acceptors (Lipinski definition) is 3. The molecule has 20 heavy (non-hydrogen) atoms. The summed E-state index contributed by atoms with van der Waals surface area (Å²) in [6, 6.07) is 6.62. The molecule has 108 valence electrons. The monoisotopic (exact) mass is 295 g/mol. The topological polar surface area (TPSA) is 74.7 Å². The zero-order chi connectivity index (χ0) is 14.7. The van der Waals surface area contributed by atoms with Gasteiger partial charge in [0.2, 0.25) is 0 Å². The highest BCUT2D eigenvalue weighted by Gasteiger charge is 2.28. The first-order valence-electron chi connectivity index (χ1n) is 6.44. The van der Waals surface area contributed by atoms with E-state index in [2.05, 4.69) is 0 Å². The first-order valence-corrected chi connectivity index (χ1v) is 8.00. The predicted octanol–water partition coefficient (Wildman–Crippen LogP) is 1.36. The second kappa shape index (κ2) is 6.17. The predicted molar refractivity (Wildman–Crippen MR) is 75.0 cm³/mol. The van der Waals surface area contributed by atoms with Crippen LogP contribution in [0.5, 0.6) is 0 Å². The quantitative estimate of drug-likeness (QED) is 0.913. The lowest BCUT2D eigenvalue weighted by molar-refractivity contribution is -0.143. The van der Waals surface area contributed by atoms with E-state index < -0.39 is 22.7 Å². The van der Waals surface area contributed by atoms with Crippen molar-refractivity contribution >= 4 is 22.7 Å². The molecule has 0 saturated carbocycles. The van der Waals surface area contributed by atoms with Crippen LogP contribution in [0, 0.1) is 5.92 Å². The number of carboxylic acid groups (broad SMARTS) is 1. The van der Waals surface area contributed by atoms with Gasteiger partial charge in [-0.15, -0.1) is 0 Å². The number of hydrogen-bond donors (Lipinski definition) is 1. The maximum Gasteiger partial charge on any atom is 0.308 e. The number of rotatable bonds is 3. The van der Waals surface area contributed by atoms with Gasteiger partial charge in [0.1, 0.15) is 0 Å². The van der Waals surface area contributed by atoms with E-state index in [-0.39, 0.29) is 12.5 Å². The Labute approximate surface area is 120 Å². The largest absolute Gasteiger partial charge is 0.481 e. The van der Waals surface area contributed by atoms with Crippen molar-refractivity contribution in [1.29, 1.82) is 0 Å². The van der Waals surface area contributed by atoms with E-state index in [1.54, 1.807) is 35.4 Å². The minimum Gasteiger partial charge on any atom is -0.481 e. The average molecular weight is 295 g/mol. The lowest BCUT2D eigenvalue weighted by Gasteiger charge is -2.30. The fraction of sp³-hybridized carbons (Fsp3) is 0.429. The summed E-state index contributed by atoms with van der Waals surface area (Å²) in [4.78, 5) is 25.6. The minimum atomic E-state index is -1.07. The molecule has 2 rings (SSSR count). The Morgan fingerprint density at radius 1 is 1.30 bits per heavy atom. The van der Waals surface area contributed by atoms with Crippen LogP contribution in [0.15, 0.2) is 29.2 Å². The number of amides is 1. The van der Waals surface area contributed by atoms with Gasteiger partial charge in [-0.25, -0.2) is 0 Å². The molecule has 0 spiro atoms. The van der Waals surface area contributed by atoms with E-state index >= 15 is 0 Å². The van der Waals surface area contributed by atoms with Crippen molar-refractivity contribution in [3.63, 3.8) is 0 Å². The van der Waals surface area contributed by atoms with Crippen LogP contribution in [0.25, 0.3) is 0 Å². The summed E-state index contributed by atoms with van der Waals surface area (Å²) in [5, 5.41) is 9.03. The van der Waals surface area contributed by atoms with Crippen LogP contribution < -0.4 is 0 Å². The lowest BCUT2D eigenvalue weighted by Crippen LogP contribution is -2.42. The number of carboxylic acids is 1. The summed E-state index contributed by atoms with van der Waals surface area (Å²) in [5.41, 5.74) is 0.505. The van der Waals surface area contributed by atoms with Crippen molar-refractivity contribution in [2.75, 3.05) is 19.3 Å². The first-order chi connectivity index (χ1) is 9.49. The molecule has 1 amide bonds. The second-order valence-electron chi connectivity index (χ2n) is 4.91. The van der Waals surface area contributed by atoms with Crippen LogP contribution in [-0.2, 0) is 15.6 Å². The van der Waals surface area contributed by atoms with Gasteiger partial charge in [0, 0.05) is 40.6 Å². The van der Waals surface area contributed by atoms with Gasteiger partial charge in [-0.05, 0) is 37.1 Å². The standard InChI is InChI=1S/C14H17NO4S/c1-20(19)12-6-4-10(5-7-12)13(16)15-8-2-3-11(9-15)14(17)18/h4-7,11H,2-3,8-9H2,1H3,(H,17,18). The number of carbonyl (C=O) groups is 2. The Kier molecular flexibility index (Phi) is 4.54. The molecule has 5 nitrogen and oxygen atoms in total. The summed E-state index contributed by atoms with van der Waals surface area (Å²) in [6.45, 7) is 0.847. The third-order valence-corrected chi connectivity index (χ3v) is 4.43. The van der Waals surface area contributed by atoms with Gasteiger partial charge in [0.25, 0.3) is 5.91 Å². The summed E-state index contributed by atoms with van der Waals surface area (Å²) >= 11 is 0. The Hall–Kier alpha value is -1.69. The number of likely N-dealkylation sites (tertiary alicyclic amines) is 1. The van der Waals surface area contributed by atoms with Crippen LogP contribution in [0.4, 0.5) is 0 Å². The van der Waals surface area contributed by atoms with Gasteiger partial charge >= 0.3 is 5.97 Å². The van der Waals surface area contributed by atoms with Gasteiger partial charge in [-0.2, -0.15) is 0 Å². The SMILES string of the molecule is CS(=O)c1ccc(C(=O)N2CCCC(C(=O)O)C2)cc1. The summed E-state index contributed by atoms with van der Waals surface area (Å²) < 4.78 is 11.3. The third kappa shape index (κ3) is 3.25. The van der Waals surface area contributed by atoms with E-state index in [1.807, 2.05) is 0 Å². The molecule has 0 aliphatic carbocycles. The molecule has 1 saturated heterocycles. The lowest BCUT2D eigenvalue weighted by atomic mass is 9.97. The molecule has 0 bridgehead atoms. The van der Waals surface area contributed by atoms with Gasteiger partial charge in [-0.1, -0.05) is 0 Å². The van der Waals surface area contributed by atoms with Crippen molar-refractivity contribution in [3.8, 4) is 0 Å². The van der Waals surface area contributed by atoms with E-state index in [9.17, 15) is 13.8 Å². The number of benzene rings is 1. The van der Waals surface area contributed by atoms with Crippen LogP contribution in [0.2, 0.25) is 0 Å². The van der Waals surface area contributed by atoms with Crippen LogP contribution >= 0.6 is 0 Å². The van der Waals surface area contributed by atoms with Gasteiger partial charge in [0.15, 0.2) is 0 Å². The summed E-state index contributed by atoms with van der Waals surface area (Å²) in [5.74, 6) is -1.49. The Balaban J connectivity index is 2.10. The fourth-order valence-electron chi connectivity index (χ4n) is 2.33. The molecule has 0 aromatic heterocycles. The molecule has 2 unspecified atom stereocenters. The van der Waals surface area contributed by atoms with E-state index in [0.29, 0.717) is 29.8 Å². The smallest absolute Gasteiger partial charge is 0.308 e. The van der Waals surface area contributed by atoms with Gasteiger partial charge < -0.3 is 10.0 Å². The van der Waals surface area contributed by atoms with Crippen molar-refractivity contribution in [3.05, 3.63) is 29.8 Å². The Morgan fingerprint density at radius 2 is 1.95 bits per heavy atom. The molecular formula is C14H17NO4S. The average Bonchev–Trinajstić information content (AvgIpc) is 2.46. The molecule has 0 radical (unpaired) electrons. The zero-order valence-corrected chi connectivity index (χ0v) is 12.1. The minimum absolute atomic E-state index is 0.163. The number of aliphatic carboxylic acids is 1. The van der Waals surface area contributed by atoms with Crippen molar-refractivity contribution in [2.24, 2.45) is 5.92 Å². The van der Waals surface area contributed by atoms with Crippen LogP contribution in [-0.4, -0.2) is 45.4 Å². The molecule has 1 aliphatic heterocycles. The number of piperidine rings is 1. The van der Waals surface area contributed by atoms with Gasteiger partial charge in [-0.3, -0.25) is 13.8 Å².